The predicted molar refractivity (Wildman–Crippen MR) is 102 cm³/mol. The van der Waals surface area contributed by atoms with E-state index < -0.39 is 0 Å². The van der Waals surface area contributed by atoms with Crippen LogP contribution in [0.1, 0.15) is 34.6 Å². The van der Waals surface area contributed by atoms with Crippen molar-refractivity contribution >= 4 is 12.4 Å². The van der Waals surface area contributed by atoms with E-state index in [1.165, 1.54) is 0 Å². The Labute approximate surface area is 164 Å². The number of carbonyl (C=O) groups excluding carboxylic acids is 1. The van der Waals surface area contributed by atoms with E-state index in [4.69, 9.17) is 19.4 Å². The zero-order valence-electron chi connectivity index (χ0n) is 16.1. The molecule has 1 unspecified atom stereocenters. The van der Waals surface area contributed by atoms with Crippen LogP contribution < -0.4 is 4.74 Å². The molecule has 1 saturated heterocycles. The topological polar surface area (TPSA) is 102 Å². The number of aromatic nitrogens is 2. The maximum absolute atomic E-state index is 13.2. The number of ether oxygens (including phenoxy) is 2. The summed E-state index contributed by atoms with van der Waals surface area (Å²) in [6.07, 6.45) is 5.41. The highest BCUT2D eigenvalue weighted by molar-refractivity contribution is 5.97. The summed E-state index contributed by atoms with van der Waals surface area (Å²) in [5.41, 5.74) is 2.14. The first-order valence-electron chi connectivity index (χ1n) is 8.98. The molecule has 3 rings (SSSR count). The molecule has 150 valence electrons. The summed E-state index contributed by atoms with van der Waals surface area (Å²) in [6, 6.07) is 7.48. The van der Waals surface area contributed by atoms with Crippen LogP contribution >= 0.6 is 0 Å². The fraction of sp³-hybridized carbons (Fsp3) is 0.400. The largest absolute Gasteiger partial charge is 0.494 e. The molecule has 28 heavy (non-hydrogen) atoms. The van der Waals surface area contributed by atoms with Gasteiger partial charge in [-0.3, -0.25) is 19.6 Å². The van der Waals surface area contributed by atoms with Crippen molar-refractivity contribution < 1.29 is 24.2 Å². The molecule has 0 spiro atoms. The summed E-state index contributed by atoms with van der Waals surface area (Å²) in [7, 11) is 1.55. The number of carbonyl (C=O) groups is 2. The van der Waals surface area contributed by atoms with Crippen LogP contribution in [0.25, 0.3) is 0 Å². The van der Waals surface area contributed by atoms with Gasteiger partial charge in [-0.15, -0.1) is 0 Å². The summed E-state index contributed by atoms with van der Waals surface area (Å²) in [6.45, 7) is 3.34. The molecule has 2 aromatic rings. The second-order valence-electron chi connectivity index (χ2n) is 6.27. The number of rotatable bonds is 6. The molecule has 0 aromatic carbocycles. The van der Waals surface area contributed by atoms with Gasteiger partial charge in [0.05, 0.1) is 37.2 Å². The molecular weight excluding hydrogens is 362 g/mol. The molecule has 0 saturated carbocycles. The minimum Gasteiger partial charge on any atom is -0.494 e. The Morgan fingerprint density at radius 3 is 2.82 bits per heavy atom. The maximum atomic E-state index is 13.2. The van der Waals surface area contributed by atoms with Gasteiger partial charge in [-0.2, -0.15) is 0 Å². The summed E-state index contributed by atoms with van der Waals surface area (Å²) in [5.74, 6) is 0.387. The first-order chi connectivity index (χ1) is 13.6. The van der Waals surface area contributed by atoms with Gasteiger partial charge in [-0.25, -0.2) is 0 Å². The molecule has 0 aliphatic carbocycles. The molecule has 0 bridgehead atoms. The Morgan fingerprint density at radius 1 is 1.43 bits per heavy atom. The van der Waals surface area contributed by atoms with Crippen LogP contribution in [-0.4, -0.2) is 58.7 Å². The number of hydrogen-bond donors (Lipinski definition) is 1. The van der Waals surface area contributed by atoms with Gasteiger partial charge in [0.25, 0.3) is 12.4 Å². The van der Waals surface area contributed by atoms with Crippen LogP contribution in [0.2, 0.25) is 0 Å². The van der Waals surface area contributed by atoms with Crippen molar-refractivity contribution in [1.82, 2.24) is 14.9 Å². The normalized spacial score (nSPS) is 15.3. The number of aryl methyl sites for hydroxylation is 1. The second kappa shape index (κ2) is 11.0. The highest BCUT2D eigenvalue weighted by Gasteiger charge is 2.26. The molecular formula is C20H25N3O5. The van der Waals surface area contributed by atoms with Gasteiger partial charge in [0.15, 0.2) is 0 Å². The number of methoxy groups -OCH3 is 1. The van der Waals surface area contributed by atoms with Crippen LogP contribution in [0.5, 0.6) is 5.75 Å². The van der Waals surface area contributed by atoms with E-state index >= 15 is 0 Å². The van der Waals surface area contributed by atoms with Crippen molar-refractivity contribution in [2.45, 2.75) is 32.4 Å². The zero-order chi connectivity index (χ0) is 20.4. The minimum atomic E-state index is -0.250. The lowest BCUT2D eigenvalue weighted by Gasteiger charge is -2.26. The molecule has 8 heteroatoms. The number of nitrogens with zero attached hydrogens (tertiary/aromatic N) is 3. The van der Waals surface area contributed by atoms with Crippen molar-refractivity contribution in [3.63, 3.8) is 0 Å². The molecule has 1 aliphatic heterocycles. The van der Waals surface area contributed by atoms with Crippen LogP contribution in [0, 0.1) is 6.92 Å². The lowest BCUT2D eigenvalue weighted by molar-refractivity contribution is -0.122. The Morgan fingerprint density at radius 2 is 2.21 bits per heavy atom. The van der Waals surface area contributed by atoms with Gasteiger partial charge in [0.2, 0.25) is 0 Å². The summed E-state index contributed by atoms with van der Waals surface area (Å²) < 4.78 is 11.1. The van der Waals surface area contributed by atoms with Crippen molar-refractivity contribution in [3.05, 3.63) is 53.6 Å². The van der Waals surface area contributed by atoms with Gasteiger partial charge in [-0.05, 0) is 38.0 Å². The molecule has 1 N–H and O–H groups in total. The van der Waals surface area contributed by atoms with Crippen molar-refractivity contribution in [2.24, 2.45) is 0 Å². The zero-order valence-corrected chi connectivity index (χ0v) is 16.1. The van der Waals surface area contributed by atoms with E-state index in [0.717, 1.165) is 30.8 Å². The fourth-order valence-corrected chi connectivity index (χ4v) is 2.99. The summed E-state index contributed by atoms with van der Waals surface area (Å²) in [4.78, 5) is 31.9. The van der Waals surface area contributed by atoms with Crippen molar-refractivity contribution in [2.75, 3.05) is 20.3 Å². The van der Waals surface area contributed by atoms with E-state index in [2.05, 4.69) is 9.97 Å². The van der Waals surface area contributed by atoms with Crippen molar-refractivity contribution in [1.29, 1.82) is 0 Å². The minimum absolute atomic E-state index is 0.0709. The van der Waals surface area contributed by atoms with E-state index in [-0.39, 0.29) is 18.5 Å². The fourth-order valence-electron chi connectivity index (χ4n) is 2.99. The smallest absolute Gasteiger partial charge is 0.290 e. The average molecular weight is 387 g/mol. The molecule has 0 radical (unpaired) electrons. The van der Waals surface area contributed by atoms with Gasteiger partial charge in [0, 0.05) is 25.0 Å². The number of carboxylic acid groups (broad SMARTS) is 1. The van der Waals surface area contributed by atoms with Gasteiger partial charge >= 0.3 is 0 Å². The third-order valence-electron chi connectivity index (χ3n) is 4.27. The second-order valence-corrected chi connectivity index (χ2v) is 6.27. The molecule has 1 aliphatic rings. The Hall–Kier alpha value is -3.00. The molecule has 1 atom stereocenters. The van der Waals surface area contributed by atoms with Gasteiger partial charge in [0.1, 0.15) is 5.75 Å². The van der Waals surface area contributed by atoms with Crippen molar-refractivity contribution in [3.8, 4) is 5.75 Å². The SMILES string of the molecule is COc1cnc(C)cc1C(=O)N(Cc1ccccn1)CC1CCCO1.O=CO. The Balaban J connectivity index is 0.000000878. The van der Waals surface area contributed by atoms with Gasteiger partial charge in [-0.1, -0.05) is 6.07 Å². The molecule has 3 heterocycles. The van der Waals surface area contributed by atoms with Crippen LogP contribution in [0.3, 0.4) is 0 Å². The monoisotopic (exact) mass is 387 g/mol. The summed E-state index contributed by atoms with van der Waals surface area (Å²) >= 11 is 0. The van der Waals surface area contributed by atoms with Gasteiger partial charge < -0.3 is 19.5 Å². The molecule has 1 amide bonds. The molecule has 1 fully saturated rings. The lowest BCUT2D eigenvalue weighted by Crippen LogP contribution is -2.37. The maximum Gasteiger partial charge on any atom is 0.290 e. The van der Waals surface area contributed by atoms with E-state index in [1.807, 2.05) is 25.1 Å². The van der Waals surface area contributed by atoms with Crippen LogP contribution in [0.15, 0.2) is 36.7 Å². The van der Waals surface area contributed by atoms with E-state index in [0.29, 0.717) is 24.4 Å². The number of pyridine rings is 2. The number of amides is 1. The first-order valence-corrected chi connectivity index (χ1v) is 8.98. The Kier molecular flexibility index (Phi) is 8.36. The van der Waals surface area contributed by atoms with E-state index in [9.17, 15) is 4.79 Å². The molecule has 2 aromatic heterocycles. The first kappa shape index (κ1) is 21.3. The lowest BCUT2D eigenvalue weighted by atomic mass is 10.1. The summed E-state index contributed by atoms with van der Waals surface area (Å²) in [5, 5.41) is 6.89. The Bertz CT molecular complexity index is 764. The highest BCUT2D eigenvalue weighted by atomic mass is 16.5. The quantitative estimate of drug-likeness (QED) is 0.759. The van der Waals surface area contributed by atoms with Crippen LogP contribution in [0.4, 0.5) is 0 Å². The average Bonchev–Trinajstić information content (AvgIpc) is 3.21. The number of hydrogen-bond acceptors (Lipinski definition) is 6. The van der Waals surface area contributed by atoms with Crippen LogP contribution in [-0.2, 0) is 16.1 Å². The highest BCUT2D eigenvalue weighted by Crippen LogP contribution is 2.22. The third kappa shape index (κ3) is 6.02. The standard InChI is InChI=1S/C19H23N3O3.CH2O2/c1-14-10-17(18(24-2)11-21-14)19(23)22(13-16-7-5-9-25-16)12-15-6-3-4-8-20-15;2-1-3/h3-4,6,8,10-11,16H,5,7,9,12-13H2,1-2H3;1H,(H,2,3). The molecule has 8 nitrogen and oxygen atoms in total. The predicted octanol–water partition coefficient (Wildman–Crippen LogP) is 2.32. The third-order valence-corrected chi connectivity index (χ3v) is 4.27. The van der Waals surface area contributed by atoms with E-state index in [1.54, 1.807) is 30.5 Å².